The van der Waals surface area contributed by atoms with Crippen molar-refractivity contribution >= 4 is 39.5 Å². The minimum Gasteiger partial charge on any atom is -0.395 e. The van der Waals surface area contributed by atoms with Gasteiger partial charge in [-0.1, -0.05) is 0 Å². The normalized spacial score (nSPS) is 27.1. The molecule has 2 aromatic heterocycles. The van der Waals surface area contributed by atoms with Gasteiger partial charge in [0.2, 0.25) is 0 Å². The van der Waals surface area contributed by atoms with Crippen molar-refractivity contribution in [3.05, 3.63) is 33.5 Å². The van der Waals surface area contributed by atoms with Crippen LogP contribution < -0.4 is 21.3 Å². The molecular formula is C31H43N9OS. The highest BCUT2D eigenvalue weighted by molar-refractivity contribution is 7.16. The van der Waals surface area contributed by atoms with E-state index in [2.05, 4.69) is 52.8 Å². The lowest BCUT2D eigenvalue weighted by molar-refractivity contribution is -0.122. The molecule has 42 heavy (non-hydrogen) atoms. The Hall–Kier alpha value is -3.20. The van der Waals surface area contributed by atoms with Gasteiger partial charge >= 0.3 is 0 Å². The Kier molecular flexibility index (Phi) is 7.89. The molecule has 0 unspecified atom stereocenters. The SMILES string of the molecule is C[C@H]1CN(C)CCCN1c1cc(N2CCN(C)CC2)nc(C(N)=C2CCC[C@@]3(CCCc4sc(N)c(C#N)c43)C2=O)n1. The van der Waals surface area contributed by atoms with Crippen LogP contribution in [0.2, 0.25) is 0 Å². The number of piperazine rings is 1. The van der Waals surface area contributed by atoms with Gasteiger partial charge in [-0.2, -0.15) is 5.26 Å². The van der Waals surface area contributed by atoms with E-state index in [0.29, 0.717) is 46.9 Å². The number of hydrogen-bond donors (Lipinski definition) is 2. The number of nitrogens with zero attached hydrogens (tertiary/aromatic N) is 7. The Balaban J connectivity index is 1.44. The van der Waals surface area contributed by atoms with Gasteiger partial charge in [-0.25, -0.2) is 9.97 Å². The average Bonchev–Trinajstić information content (AvgIpc) is 3.22. The monoisotopic (exact) mass is 589 g/mol. The zero-order chi connectivity index (χ0) is 29.6. The van der Waals surface area contributed by atoms with Crippen LogP contribution in [-0.2, 0) is 16.6 Å². The van der Waals surface area contributed by atoms with Gasteiger partial charge in [0.25, 0.3) is 0 Å². The summed E-state index contributed by atoms with van der Waals surface area (Å²) in [6, 6.07) is 4.71. The van der Waals surface area contributed by atoms with Crippen LogP contribution in [0.4, 0.5) is 16.6 Å². The Bertz CT molecular complexity index is 1440. The van der Waals surface area contributed by atoms with E-state index in [-0.39, 0.29) is 11.8 Å². The summed E-state index contributed by atoms with van der Waals surface area (Å²) in [5.74, 6) is 2.21. The third-order valence-electron chi connectivity index (χ3n) is 9.78. The van der Waals surface area contributed by atoms with Gasteiger partial charge < -0.3 is 31.1 Å². The maximum absolute atomic E-state index is 14.5. The van der Waals surface area contributed by atoms with Crippen molar-refractivity contribution in [3.63, 3.8) is 0 Å². The Morgan fingerprint density at radius 3 is 2.48 bits per heavy atom. The van der Waals surface area contributed by atoms with Crippen molar-refractivity contribution in [1.29, 1.82) is 5.26 Å². The third-order valence-corrected chi connectivity index (χ3v) is 10.9. The molecule has 2 aliphatic heterocycles. The fraction of sp³-hybridized carbons (Fsp3) is 0.613. The number of fused-ring (bicyclic) bond motifs is 2. The molecule has 3 fully saturated rings. The second-order valence-corrected chi connectivity index (χ2v) is 13.8. The molecule has 2 saturated heterocycles. The molecule has 1 saturated carbocycles. The van der Waals surface area contributed by atoms with Gasteiger partial charge in [0, 0.05) is 61.8 Å². The van der Waals surface area contributed by atoms with E-state index in [9.17, 15) is 10.1 Å². The number of ketones is 1. The number of likely N-dealkylation sites (N-methyl/N-ethyl adjacent to an activating group) is 2. The van der Waals surface area contributed by atoms with E-state index in [4.69, 9.17) is 21.4 Å². The number of carbonyl (C=O) groups excluding carboxylic acids is 1. The minimum atomic E-state index is -0.743. The number of anilines is 3. The molecule has 2 aliphatic carbocycles. The molecule has 4 aliphatic rings. The van der Waals surface area contributed by atoms with Gasteiger partial charge in [-0.15, -0.1) is 11.3 Å². The lowest BCUT2D eigenvalue weighted by Gasteiger charge is -2.40. The zero-order valence-corrected chi connectivity index (χ0v) is 26.0. The molecule has 10 nitrogen and oxygen atoms in total. The molecule has 0 aromatic carbocycles. The standard InChI is InChI=1S/C31H43N9OS/c1-20-19-38(3)11-6-12-40(20)25-17-24(39-15-13-37(2)14-16-39)35-30(36-25)27(33)21-7-4-9-31(28(21)41)10-5-8-23-26(31)22(18-32)29(34)42-23/h17,20H,4-16,19,33-34H2,1-3H3/t20-,31-/m0/s1. The average molecular weight is 590 g/mol. The smallest absolute Gasteiger partial charge is 0.179 e. The van der Waals surface area contributed by atoms with Crippen LogP contribution in [0.3, 0.4) is 0 Å². The fourth-order valence-corrected chi connectivity index (χ4v) is 8.68. The van der Waals surface area contributed by atoms with Crippen molar-refractivity contribution in [3.8, 4) is 6.07 Å². The lowest BCUT2D eigenvalue weighted by atomic mass is 9.61. The molecule has 4 N–H and O–H groups in total. The highest BCUT2D eigenvalue weighted by atomic mass is 32.1. The number of aromatic nitrogens is 2. The summed E-state index contributed by atoms with van der Waals surface area (Å²) in [7, 11) is 4.31. The summed E-state index contributed by atoms with van der Waals surface area (Å²) >= 11 is 1.47. The van der Waals surface area contributed by atoms with Crippen molar-refractivity contribution in [2.45, 2.75) is 63.3 Å². The molecule has 6 rings (SSSR count). The number of nitrogens with two attached hydrogens (primary N) is 2. The molecule has 2 atom stereocenters. The molecule has 0 amide bonds. The van der Waals surface area contributed by atoms with E-state index < -0.39 is 5.41 Å². The molecular weight excluding hydrogens is 546 g/mol. The first-order valence-electron chi connectivity index (χ1n) is 15.3. The predicted molar refractivity (Wildman–Crippen MR) is 169 cm³/mol. The van der Waals surface area contributed by atoms with Gasteiger partial charge in [0.1, 0.15) is 22.7 Å². The largest absolute Gasteiger partial charge is 0.395 e. The number of carbonyl (C=O) groups is 1. The Morgan fingerprint density at radius 1 is 1.02 bits per heavy atom. The Labute approximate surface area is 253 Å². The molecule has 11 heteroatoms. The number of aryl methyl sites for hydroxylation is 1. The number of thiophene rings is 1. The van der Waals surface area contributed by atoms with E-state index in [1.807, 2.05) is 0 Å². The van der Waals surface area contributed by atoms with E-state index >= 15 is 0 Å². The summed E-state index contributed by atoms with van der Waals surface area (Å²) in [6.07, 6.45) is 5.65. The molecule has 0 bridgehead atoms. The lowest BCUT2D eigenvalue weighted by Crippen LogP contribution is -2.45. The quantitative estimate of drug-likeness (QED) is 0.515. The first kappa shape index (κ1) is 28.9. The van der Waals surface area contributed by atoms with Crippen LogP contribution >= 0.6 is 11.3 Å². The number of allylic oxidation sites excluding steroid dienone is 1. The van der Waals surface area contributed by atoms with Crippen LogP contribution in [0.25, 0.3) is 5.70 Å². The van der Waals surface area contributed by atoms with Crippen LogP contribution in [0, 0.1) is 11.3 Å². The van der Waals surface area contributed by atoms with Crippen LogP contribution in [-0.4, -0.2) is 91.5 Å². The van der Waals surface area contributed by atoms with E-state index in [1.165, 1.54) is 11.3 Å². The van der Waals surface area contributed by atoms with Crippen molar-refractivity contribution in [2.75, 3.05) is 75.4 Å². The summed E-state index contributed by atoms with van der Waals surface area (Å²) in [5.41, 5.74) is 14.8. The first-order chi connectivity index (χ1) is 20.2. The summed E-state index contributed by atoms with van der Waals surface area (Å²) in [5, 5.41) is 10.5. The topological polar surface area (TPSA) is 132 Å². The van der Waals surface area contributed by atoms with Gasteiger partial charge in [-0.3, -0.25) is 4.79 Å². The van der Waals surface area contributed by atoms with Crippen molar-refractivity contribution in [1.82, 2.24) is 19.8 Å². The number of hydrogen-bond acceptors (Lipinski definition) is 11. The fourth-order valence-electron chi connectivity index (χ4n) is 7.52. The van der Waals surface area contributed by atoms with Crippen LogP contribution in [0.15, 0.2) is 11.6 Å². The number of nitrogen functional groups attached to an aromatic ring is 1. The maximum Gasteiger partial charge on any atom is 0.179 e. The second kappa shape index (κ2) is 11.5. The highest BCUT2D eigenvalue weighted by Crippen LogP contribution is 2.52. The van der Waals surface area contributed by atoms with Gasteiger partial charge in [0.15, 0.2) is 11.6 Å². The van der Waals surface area contributed by atoms with Crippen molar-refractivity contribution in [2.24, 2.45) is 5.73 Å². The summed E-state index contributed by atoms with van der Waals surface area (Å²) in [4.78, 5) is 35.1. The maximum atomic E-state index is 14.5. The number of Topliss-reactive ketones (excluding diaryl/α,β-unsaturated/α-hetero) is 1. The first-order valence-corrected chi connectivity index (χ1v) is 16.2. The number of nitriles is 1. The minimum absolute atomic E-state index is 0.0291. The second-order valence-electron chi connectivity index (χ2n) is 12.6. The molecule has 1 spiro atoms. The Morgan fingerprint density at radius 2 is 1.74 bits per heavy atom. The van der Waals surface area contributed by atoms with Crippen LogP contribution in [0.1, 0.15) is 67.3 Å². The zero-order valence-electron chi connectivity index (χ0n) is 25.2. The molecule has 2 aromatic rings. The number of rotatable bonds is 3. The third kappa shape index (κ3) is 5.03. The molecule has 4 heterocycles. The molecule has 0 radical (unpaired) electrons. The summed E-state index contributed by atoms with van der Waals surface area (Å²) in [6.45, 7) is 8.83. The van der Waals surface area contributed by atoms with E-state index in [1.54, 1.807) is 0 Å². The predicted octanol–water partition coefficient (Wildman–Crippen LogP) is 2.97. The van der Waals surface area contributed by atoms with Crippen molar-refractivity contribution < 1.29 is 4.79 Å². The highest BCUT2D eigenvalue weighted by Gasteiger charge is 2.49. The summed E-state index contributed by atoms with van der Waals surface area (Å²) < 4.78 is 0. The molecule has 224 valence electrons. The van der Waals surface area contributed by atoms with Gasteiger partial charge in [0.05, 0.1) is 16.7 Å². The van der Waals surface area contributed by atoms with E-state index in [0.717, 1.165) is 93.6 Å². The van der Waals surface area contributed by atoms with Gasteiger partial charge in [-0.05, 0) is 78.1 Å². The van der Waals surface area contributed by atoms with Crippen LogP contribution in [0.5, 0.6) is 0 Å².